The van der Waals surface area contributed by atoms with Crippen molar-refractivity contribution in [2.24, 2.45) is 11.7 Å². The molecule has 0 spiro atoms. The first-order valence-electron chi connectivity index (χ1n) is 16.4. The van der Waals surface area contributed by atoms with E-state index in [4.69, 9.17) is 24.9 Å². The SMILES string of the molecule is CCc1nc(CCCCC(P)(P)C2CCN([C@H](C(=O)O)c3cc(I)ccc3COC3CCOCC3)C2)cc(OC)c1CCCN. The largest absolute Gasteiger partial charge is 0.496 e. The first-order chi connectivity index (χ1) is 21.7. The second-order valence-electron chi connectivity index (χ2n) is 12.5. The van der Waals surface area contributed by atoms with E-state index < -0.39 is 12.0 Å². The summed E-state index contributed by atoms with van der Waals surface area (Å²) in [7, 11) is 7.92. The molecule has 2 fully saturated rings. The van der Waals surface area contributed by atoms with Crippen LogP contribution >= 0.6 is 41.1 Å². The maximum absolute atomic E-state index is 12.8. The number of pyridine rings is 1. The van der Waals surface area contributed by atoms with Crippen molar-refractivity contribution in [3.63, 3.8) is 0 Å². The van der Waals surface area contributed by atoms with Crippen LogP contribution in [0.2, 0.25) is 0 Å². The Morgan fingerprint density at radius 2 is 1.98 bits per heavy atom. The molecule has 2 aliphatic rings. The number of aromatic nitrogens is 1. The maximum atomic E-state index is 12.8. The summed E-state index contributed by atoms with van der Waals surface area (Å²) < 4.78 is 18.5. The molecule has 0 amide bonds. The molecule has 2 aliphatic heterocycles. The number of carbonyl (C=O) groups is 1. The molecule has 3 N–H and O–H groups in total. The van der Waals surface area contributed by atoms with Crippen LogP contribution in [0, 0.1) is 9.49 Å². The van der Waals surface area contributed by atoms with Gasteiger partial charge in [0.2, 0.25) is 0 Å². The summed E-state index contributed by atoms with van der Waals surface area (Å²) in [5.74, 6) is 0.500. The van der Waals surface area contributed by atoms with Crippen molar-refractivity contribution in [1.82, 2.24) is 9.88 Å². The molecule has 2 saturated heterocycles. The molecule has 45 heavy (non-hydrogen) atoms. The van der Waals surface area contributed by atoms with Crippen LogP contribution in [-0.4, -0.2) is 71.9 Å². The Kier molecular flexibility index (Phi) is 14.8. The van der Waals surface area contributed by atoms with Crippen molar-refractivity contribution in [2.45, 2.75) is 94.8 Å². The average Bonchev–Trinajstić information content (AvgIpc) is 3.53. The predicted molar refractivity (Wildman–Crippen MR) is 195 cm³/mol. The number of hydrogen-bond acceptors (Lipinski definition) is 7. The lowest BCUT2D eigenvalue weighted by Gasteiger charge is -2.33. The van der Waals surface area contributed by atoms with E-state index in [1.165, 1.54) is 5.56 Å². The molecule has 0 bridgehead atoms. The van der Waals surface area contributed by atoms with Gasteiger partial charge < -0.3 is 25.1 Å². The Balaban J connectivity index is 1.36. The number of carboxylic acids is 1. The Bertz CT molecular complexity index is 1240. The van der Waals surface area contributed by atoms with Gasteiger partial charge in [0.05, 0.1) is 19.8 Å². The minimum atomic E-state index is -0.800. The molecule has 8 nitrogen and oxygen atoms in total. The van der Waals surface area contributed by atoms with E-state index in [0.29, 0.717) is 19.1 Å². The van der Waals surface area contributed by atoms with Crippen molar-refractivity contribution in [1.29, 1.82) is 0 Å². The zero-order valence-electron chi connectivity index (χ0n) is 26.9. The van der Waals surface area contributed by atoms with E-state index in [1.54, 1.807) is 7.11 Å². The number of aliphatic carboxylic acids is 1. The summed E-state index contributed by atoms with van der Waals surface area (Å²) in [6.45, 7) is 6.18. The number of nitrogens with two attached hydrogens (primary N) is 1. The van der Waals surface area contributed by atoms with Gasteiger partial charge in [-0.2, -0.15) is 0 Å². The maximum Gasteiger partial charge on any atom is 0.325 e. The molecule has 0 saturated carbocycles. The van der Waals surface area contributed by atoms with E-state index in [1.807, 2.05) is 18.2 Å². The van der Waals surface area contributed by atoms with Crippen LogP contribution in [0.4, 0.5) is 0 Å². The van der Waals surface area contributed by atoms with Gasteiger partial charge >= 0.3 is 5.97 Å². The van der Waals surface area contributed by atoms with Crippen LogP contribution in [-0.2, 0) is 40.1 Å². The van der Waals surface area contributed by atoms with Crippen LogP contribution < -0.4 is 10.5 Å². The Morgan fingerprint density at radius 3 is 2.67 bits per heavy atom. The van der Waals surface area contributed by atoms with Crippen molar-refractivity contribution in [3.8, 4) is 5.75 Å². The highest BCUT2D eigenvalue weighted by molar-refractivity contribution is 14.1. The fourth-order valence-corrected chi connectivity index (χ4v) is 8.16. The molecule has 0 radical (unpaired) electrons. The standard InChI is InChI=1S/C34H52IN3O5P2/c1-3-30-28(8-6-15-36)31(41-2)20-26(37-30)7-4-5-14-34(44,45)24-11-16-38(21-24)32(33(39)40)29-19-25(35)10-9-23(29)22-43-27-12-17-42-18-13-27/h9-10,19-20,24,27,32H,3-8,11-18,21-22,36,44-45H2,1-2H3,(H,39,40)/t24?,32-/m0/s1. The summed E-state index contributed by atoms with van der Waals surface area (Å²) >= 11 is 2.28. The van der Waals surface area contributed by atoms with Crippen LogP contribution in [0.1, 0.15) is 86.0 Å². The molecule has 0 aliphatic carbocycles. The summed E-state index contributed by atoms with van der Waals surface area (Å²) in [6, 6.07) is 7.53. The smallest absolute Gasteiger partial charge is 0.325 e. The van der Waals surface area contributed by atoms with Gasteiger partial charge in [-0.25, -0.2) is 0 Å². The number of nitrogens with zero attached hydrogens (tertiary/aromatic N) is 2. The lowest BCUT2D eigenvalue weighted by Crippen LogP contribution is -2.35. The van der Waals surface area contributed by atoms with Gasteiger partial charge in [0.1, 0.15) is 11.8 Å². The van der Waals surface area contributed by atoms with Gasteiger partial charge in [-0.3, -0.25) is 14.7 Å². The van der Waals surface area contributed by atoms with Gasteiger partial charge in [-0.05, 0) is 123 Å². The summed E-state index contributed by atoms with van der Waals surface area (Å²) in [6.07, 6.45) is 9.64. The van der Waals surface area contributed by atoms with Crippen molar-refractivity contribution < 1.29 is 24.1 Å². The molecule has 1 aromatic carbocycles. The van der Waals surface area contributed by atoms with Crippen molar-refractivity contribution >= 4 is 47.0 Å². The minimum Gasteiger partial charge on any atom is -0.496 e. The molecule has 3 heterocycles. The fourth-order valence-electron chi connectivity index (χ4n) is 6.69. The lowest BCUT2D eigenvalue weighted by molar-refractivity contribution is -0.143. The van der Waals surface area contributed by atoms with E-state index in [2.05, 4.69) is 59.0 Å². The number of likely N-dealkylation sites (tertiary alicyclic amines) is 1. The highest BCUT2D eigenvalue weighted by Crippen LogP contribution is 2.46. The van der Waals surface area contributed by atoms with E-state index in [9.17, 15) is 9.90 Å². The Labute approximate surface area is 287 Å². The van der Waals surface area contributed by atoms with Gasteiger partial charge in [0, 0.05) is 51.2 Å². The van der Waals surface area contributed by atoms with Crippen molar-refractivity contribution in [2.75, 3.05) is 40.0 Å². The third-order valence-electron chi connectivity index (χ3n) is 9.32. The van der Waals surface area contributed by atoms with E-state index >= 15 is 0 Å². The van der Waals surface area contributed by atoms with Gasteiger partial charge in [0.25, 0.3) is 0 Å². The number of carboxylic acid groups (broad SMARTS) is 1. The molecule has 250 valence electrons. The first kappa shape index (κ1) is 36.9. The van der Waals surface area contributed by atoms with E-state index in [-0.39, 0.29) is 11.0 Å². The number of unbranched alkanes of at least 4 members (excludes halogenated alkanes) is 1. The topological polar surface area (TPSA) is 107 Å². The number of benzene rings is 1. The van der Waals surface area contributed by atoms with Crippen LogP contribution in [0.5, 0.6) is 5.75 Å². The van der Waals surface area contributed by atoms with Gasteiger partial charge in [-0.1, -0.05) is 19.4 Å². The lowest BCUT2D eigenvalue weighted by atomic mass is 9.97. The number of ether oxygens (including phenoxy) is 3. The molecule has 4 rings (SSSR count). The molecular weight excluding hydrogens is 719 g/mol. The highest BCUT2D eigenvalue weighted by Gasteiger charge is 2.40. The molecule has 4 atom stereocenters. The third-order valence-corrected chi connectivity index (χ3v) is 11.5. The Morgan fingerprint density at radius 1 is 1.20 bits per heavy atom. The Hall–Kier alpha value is -0.930. The van der Waals surface area contributed by atoms with Crippen LogP contribution in [0.25, 0.3) is 0 Å². The highest BCUT2D eigenvalue weighted by atomic mass is 127. The number of halogens is 1. The predicted octanol–water partition coefficient (Wildman–Crippen LogP) is 6.15. The summed E-state index contributed by atoms with van der Waals surface area (Å²) in [4.78, 5) is 19.9. The number of aryl methyl sites for hydroxylation is 2. The monoisotopic (exact) mass is 771 g/mol. The first-order valence-corrected chi connectivity index (χ1v) is 18.7. The van der Waals surface area contributed by atoms with Gasteiger partial charge in [-0.15, -0.1) is 18.5 Å². The second-order valence-corrected chi connectivity index (χ2v) is 16.6. The van der Waals surface area contributed by atoms with Gasteiger partial charge in [0.15, 0.2) is 0 Å². The number of hydrogen-bond donors (Lipinski definition) is 2. The fraction of sp³-hybridized carbons (Fsp3) is 0.647. The average molecular weight is 772 g/mol. The molecule has 1 aromatic heterocycles. The van der Waals surface area contributed by atoms with Crippen LogP contribution in [0.15, 0.2) is 24.3 Å². The number of methoxy groups -OCH3 is 1. The molecule has 2 aromatic rings. The molecule has 11 heteroatoms. The minimum absolute atomic E-state index is 0.0519. The summed E-state index contributed by atoms with van der Waals surface area (Å²) in [5.41, 5.74) is 11.0. The van der Waals surface area contributed by atoms with Crippen LogP contribution in [0.3, 0.4) is 0 Å². The zero-order chi connectivity index (χ0) is 32.4. The normalized spacial score (nSPS) is 18.8. The molecular formula is C34H52IN3O5P2. The zero-order valence-corrected chi connectivity index (χ0v) is 31.4. The second kappa shape index (κ2) is 18.0. The number of rotatable bonds is 17. The molecule has 3 unspecified atom stereocenters. The third kappa shape index (κ3) is 10.3. The van der Waals surface area contributed by atoms with Crippen molar-refractivity contribution in [3.05, 3.63) is 55.9 Å². The van der Waals surface area contributed by atoms with E-state index in [0.717, 1.165) is 122 Å². The summed E-state index contributed by atoms with van der Waals surface area (Å²) in [5, 5.41) is 10.5. The quantitative estimate of drug-likeness (QED) is 0.112.